The fourth-order valence-electron chi connectivity index (χ4n) is 5.31. The van der Waals surface area contributed by atoms with E-state index in [-0.39, 0.29) is 11.9 Å². The summed E-state index contributed by atoms with van der Waals surface area (Å²) >= 11 is 6.46. The molecule has 1 N–H and O–H groups in total. The average molecular weight is 547 g/mol. The fourth-order valence-corrected chi connectivity index (χ4v) is 5.50. The molecule has 0 aliphatic carbocycles. The van der Waals surface area contributed by atoms with Crippen molar-refractivity contribution < 1.29 is 4.39 Å². The molecule has 1 atom stereocenters. The number of aliphatic imine (C=N–C) groups is 2. The summed E-state index contributed by atoms with van der Waals surface area (Å²) in [5.74, 6) is 1.63. The number of nitrogens with one attached hydrogen (secondary N) is 1. The molecule has 1 aromatic heterocycles. The molecule has 5 aromatic rings. The van der Waals surface area contributed by atoms with Crippen molar-refractivity contribution in [2.24, 2.45) is 9.98 Å². The maximum absolute atomic E-state index is 14.1. The van der Waals surface area contributed by atoms with E-state index >= 15 is 0 Å². The minimum Gasteiger partial charge on any atom is -0.337 e. The lowest BCUT2D eigenvalue weighted by molar-refractivity contribution is 0.626. The number of rotatable bonds is 3. The van der Waals surface area contributed by atoms with Crippen molar-refractivity contribution in [3.63, 3.8) is 0 Å². The van der Waals surface area contributed by atoms with E-state index in [2.05, 4.69) is 10.2 Å². The molecule has 2 aliphatic heterocycles. The maximum atomic E-state index is 14.1. The molecule has 0 fully saturated rings. The molecule has 0 spiro atoms. The van der Waals surface area contributed by atoms with Gasteiger partial charge in [0, 0.05) is 16.3 Å². The summed E-state index contributed by atoms with van der Waals surface area (Å²) in [6, 6.07) is 30.0. The molecule has 0 amide bonds. The van der Waals surface area contributed by atoms with Crippen LogP contribution in [0.2, 0.25) is 5.02 Å². The second kappa shape index (κ2) is 9.47. The van der Waals surface area contributed by atoms with Crippen molar-refractivity contribution >= 4 is 46.2 Å². The van der Waals surface area contributed by atoms with Crippen LogP contribution in [0.3, 0.4) is 0 Å². The molecule has 40 heavy (non-hydrogen) atoms. The Hall–Kier alpha value is -4.75. The van der Waals surface area contributed by atoms with Gasteiger partial charge in [-0.05, 0) is 73.5 Å². The number of aryl methyl sites for hydroxylation is 2. The van der Waals surface area contributed by atoms with Crippen molar-refractivity contribution in [3.05, 3.63) is 130 Å². The molecule has 7 rings (SSSR count). The highest BCUT2D eigenvalue weighted by Crippen LogP contribution is 2.48. The number of hydrogen-bond acceptors (Lipinski definition) is 5. The molecule has 0 saturated heterocycles. The van der Waals surface area contributed by atoms with Crippen LogP contribution >= 0.6 is 11.6 Å². The second-order valence-electron chi connectivity index (χ2n) is 9.87. The van der Waals surface area contributed by atoms with E-state index in [1.165, 1.54) is 12.1 Å². The number of benzene rings is 4. The highest BCUT2D eigenvalue weighted by molar-refractivity contribution is 6.51. The topological polar surface area (TPSA) is 57.8 Å². The molecule has 3 heterocycles. The first-order valence-electron chi connectivity index (χ1n) is 13.0. The maximum Gasteiger partial charge on any atom is 0.179 e. The smallest absolute Gasteiger partial charge is 0.179 e. The zero-order valence-corrected chi connectivity index (χ0v) is 22.6. The lowest BCUT2D eigenvalue weighted by atomic mass is 9.93. The first-order chi connectivity index (χ1) is 19.5. The van der Waals surface area contributed by atoms with Crippen molar-refractivity contribution in [2.45, 2.75) is 19.9 Å². The predicted octanol–water partition coefficient (Wildman–Crippen LogP) is 8.08. The molecule has 196 valence electrons. The Kier molecular flexibility index (Phi) is 5.75. The van der Waals surface area contributed by atoms with E-state index in [1.54, 1.807) is 0 Å². The zero-order chi connectivity index (χ0) is 27.4. The number of fused-ring (bicyclic) bond motifs is 4. The summed E-state index contributed by atoms with van der Waals surface area (Å²) in [6.45, 7) is 3.96. The lowest BCUT2D eigenvalue weighted by Gasteiger charge is -2.40. The fraction of sp³-hybridized carbons (Fsp3) is 0.0938. The average Bonchev–Trinajstić information content (AvgIpc) is 3.31. The van der Waals surface area contributed by atoms with Crippen molar-refractivity contribution in [1.29, 1.82) is 0 Å². The highest BCUT2D eigenvalue weighted by atomic mass is 35.5. The first kappa shape index (κ1) is 24.3. The standard InChI is InChI=1S/C32H24ClFN6/c1-19-12-17-23(18-25(19)33)35-30-32-37-31-28(20(2)38-40(31)24-8-4-3-5-9-24)29(21-13-15-22(34)16-14-21)39(32)27-11-7-6-10-26(27)36-30/h3-18,29H,1-2H3,(H,35,36)/t29-/m1/s1. The number of para-hydroxylation sites is 3. The monoisotopic (exact) mass is 546 g/mol. The Labute approximate surface area is 236 Å². The minimum absolute atomic E-state index is 0.287. The van der Waals surface area contributed by atoms with E-state index in [4.69, 9.17) is 26.7 Å². The Balaban J connectivity index is 1.49. The summed E-state index contributed by atoms with van der Waals surface area (Å²) in [5.41, 5.74) is 7.10. The molecule has 0 bridgehead atoms. The van der Waals surface area contributed by atoms with Gasteiger partial charge in [0.2, 0.25) is 0 Å². The van der Waals surface area contributed by atoms with Gasteiger partial charge in [-0.1, -0.05) is 60.1 Å². The first-order valence-corrected chi connectivity index (χ1v) is 13.4. The predicted molar refractivity (Wildman–Crippen MR) is 159 cm³/mol. The SMILES string of the molecule is Cc1ccc(NC2=Nc3ccccc3N3C2=Nc2c(c(C)nn2-c2ccccc2)[C@H]3c2ccc(F)cc2)cc1Cl. The number of halogens is 2. The van der Waals surface area contributed by atoms with Gasteiger partial charge in [-0.2, -0.15) is 5.10 Å². The minimum atomic E-state index is -0.324. The normalized spacial score (nSPS) is 15.5. The van der Waals surface area contributed by atoms with Gasteiger partial charge in [-0.3, -0.25) is 0 Å². The molecule has 8 heteroatoms. The van der Waals surface area contributed by atoms with Crippen molar-refractivity contribution in [3.8, 4) is 5.69 Å². The van der Waals surface area contributed by atoms with E-state index in [9.17, 15) is 4.39 Å². The van der Waals surface area contributed by atoms with Gasteiger partial charge in [-0.25, -0.2) is 19.1 Å². The van der Waals surface area contributed by atoms with Gasteiger partial charge in [0.05, 0.1) is 28.8 Å². The second-order valence-corrected chi connectivity index (χ2v) is 10.3. The van der Waals surface area contributed by atoms with Gasteiger partial charge < -0.3 is 10.2 Å². The molecular weight excluding hydrogens is 523 g/mol. The van der Waals surface area contributed by atoms with Crippen LogP contribution in [0.15, 0.2) is 107 Å². The van der Waals surface area contributed by atoms with Gasteiger partial charge in [0.25, 0.3) is 0 Å². The lowest BCUT2D eigenvalue weighted by Crippen LogP contribution is -2.46. The van der Waals surface area contributed by atoms with Crippen LogP contribution in [0, 0.1) is 19.7 Å². The highest BCUT2D eigenvalue weighted by Gasteiger charge is 2.41. The summed E-state index contributed by atoms with van der Waals surface area (Å²) in [4.78, 5) is 12.4. The Morgan fingerprint density at radius 3 is 2.38 bits per heavy atom. The van der Waals surface area contributed by atoms with Gasteiger partial charge in [-0.15, -0.1) is 0 Å². The number of amidine groups is 2. The summed E-state index contributed by atoms with van der Waals surface area (Å²) in [7, 11) is 0. The number of hydrogen-bond donors (Lipinski definition) is 1. The quantitative estimate of drug-likeness (QED) is 0.249. The van der Waals surface area contributed by atoms with Crippen LogP contribution in [0.1, 0.15) is 28.4 Å². The molecule has 6 nitrogen and oxygen atoms in total. The number of aromatic nitrogens is 2. The van der Waals surface area contributed by atoms with Crippen molar-refractivity contribution in [1.82, 2.24) is 9.78 Å². The third kappa shape index (κ3) is 3.98. The van der Waals surface area contributed by atoms with Crippen LogP contribution in [0.4, 0.5) is 27.3 Å². The molecule has 0 saturated carbocycles. The van der Waals surface area contributed by atoms with Crippen LogP contribution in [-0.2, 0) is 0 Å². The van der Waals surface area contributed by atoms with E-state index in [1.807, 2.05) is 103 Å². The summed E-state index contributed by atoms with van der Waals surface area (Å²) < 4.78 is 16.0. The van der Waals surface area contributed by atoms with E-state index in [0.717, 1.165) is 45.1 Å². The van der Waals surface area contributed by atoms with Gasteiger partial charge in [0.15, 0.2) is 17.5 Å². The van der Waals surface area contributed by atoms with Crippen LogP contribution in [0.25, 0.3) is 5.69 Å². The number of nitrogens with zero attached hydrogens (tertiary/aromatic N) is 5. The van der Waals surface area contributed by atoms with E-state index in [0.29, 0.717) is 22.5 Å². The Morgan fingerprint density at radius 2 is 1.60 bits per heavy atom. The molecule has 2 aliphatic rings. The molecule has 4 aromatic carbocycles. The van der Waals surface area contributed by atoms with Gasteiger partial charge in [0.1, 0.15) is 5.82 Å². The van der Waals surface area contributed by atoms with E-state index < -0.39 is 0 Å². The zero-order valence-electron chi connectivity index (χ0n) is 21.8. The Morgan fingerprint density at radius 1 is 0.850 bits per heavy atom. The molecular formula is C32H24ClFN6. The third-order valence-electron chi connectivity index (χ3n) is 7.26. The largest absolute Gasteiger partial charge is 0.337 e. The molecule has 0 unspecified atom stereocenters. The summed E-state index contributed by atoms with van der Waals surface area (Å²) in [5, 5.41) is 9.06. The van der Waals surface area contributed by atoms with Crippen molar-refractivity contribution in [2.75, 3.05) is 10.2 Å². The third-order valence-corrected chi connectivity index (χ3v) is 7.67. The van der Waals surface area contributed by atoms with Crippen LogP contribution < -0.4 is 10.2 Å². The molecule has 0 radical (unpaired) electrons. The van der Waals surface area contributed by atoms with Crippen LogP contribution in [0.5, 0.6) is 0 Å². The number of anilines is 2. The van der Waals surface area contributed by atoms with Crippen LogP contribution in [-0.4, -0.2) is 21.5 Å². The Bertz CT molecular complexity index is 1820. The van der Waals surface area contributed by atoms with Gasteiger partial charge >= 0.3 is 0 Å². The summed E-state index contributed by atoms with van der Waals surface area (Å²) in [6.07, 6.45) is 0.